The van der Waals surface area contributed by atoms with Crippen molar-refractivity contribution in [3.63, 3.8) is 0 Å². The smallest absolute Gasteiger partial charge is 0.417 e. The summed E-state index contributed by atoms with van der Waals surface area (Å²) in [5.74, 6) is -2.62. The zero-order valence-corrected chi connectivity index (χ0v) is 17.9. The van der Waals surface area contributed by atoms with Gasteiger partial charge >= 0.3 is 6.18 Å². The lowest BCUT2D eigenvalue weighted by molar-refractivity contribution is -0.138. The van der Waals surface area contributed by atoms with E-state index >= 15 is 0 Å². The number of pyridine rings is 1. The molecule has 0 unspecified atom stereocenters. The average Bonchev–Trinajstić information content (AvgIpc) is 2.81. The monoisotopic (exact) mass is 478 g/mol. The Bertz CT molecular complexity index is 1190. The van der Waals surface area contributed by atoms with Gasteiger partial charge in [0.25, 0.3) is 11.8 Å². The molecule has 3 heterocycles. The number of ether oxygens (including phenoxy) is 1. The number of nitrogens with zero attached hydrogens (tertiary/aromatic N) is 4. The van der Waals surface area contributed by atoms with Crippen molar-refractivity contribution < 1.29 is 31.5 Å². The summed E-state index contributed by atoms with van der Waals surface area (Å²) in [6.07, 6.45) is -1.07. The number of carbonyl (C=O) groups excluding carboxylic acids is 1. The molecule has 1 saturated heterocycles. The molecular formula is C23H19F5N4O2. The van der Waals surface area contributed by atoms with E-state index in [9.17, 15) is 26.7 Å². The van der Waals surface area contributed by atoms with E-state index in [1.807, 2.05) is 0 Å². The second-order valence-corrected chi connectivity index (χ2v) is 7.81. The normalized spacial score (nSPS) is 18.6. The third-order valence-corrected chi connectivity index (χ3v) is 5.59. The molecule has 0 spiro atoms. The number of hydrogen-bond donors (Lipinski definition) is 0. The van der Waals surface area contributed by atoms with Gasteiger partial charge < -0.3 is 9.64 Å². The number of rotatable bonds is 4. The average molecular weight is 478 g/mol. The molecule has 11 heteroatoms. The summed E-state index contributed by atoms with van der Waals surface area (Å²) in [4.78, 5) is 26.6. The molecule has 0 radical (unpaired) electrons. The lowest BCUT2D eigenvalue weighted by atomic mass is 9.97. The first-order valence-corrected chi connectivity index (χ1v) is 10.4. The zero-order valence-electron chi connectivity index (χ0n) is 17.9. The summed E-state index contributed by atoms with van der Waals surface area (Å²) in [7, 11) is 0. The number of carbonyl (C=O) groups is 1. The zero-order chi connectivity index (χ0) is 24.5. The van der Waals surface area contributed by atoms with Gasteiger partial charge in [0.2, 0.25) is 0 Å². The molecular weight excluding hydrogens is 459 g/mol. The number of amides is 1. The Kier molecular flexibility index (Phi) is 6.45. The van der Waals surface area contributed by atoms with E-state index in [0.29, 0.717) is 31.6 Å². The maximum atomic E-state index is 14.2. The van der Waals surface area contributed by atoms with Gasteiger partial charge in [-0.05, 0) is 50.1 Å². The SMILES string of the molecule is C[C@H]1[C@H](Oc2ncc(C(F)(F)F)cc2F)CCCN1C(=O)c1ccc(F)cc1-c1ncccn1. The van der Waals surface area contributed by atoms with Crippen molar-refractivity contribution >= 4 is 5.91 Å². The highest BCUT2D eigenvalue weighted by Gasteiger charge is 2.36. The minimum absolute atomic E-state index is 0.179. The fourth-order valence-corrected chi connectivity index (χ4v) is 3.84. The second-order valence-electron chi connectivity index (χ2n) is 7.81. The fraction of sp³-hybridized carbons (Fsp3) is 0.304. The Morgan fingerprint density at radius 1 is 1.12 bits per heavy atom. The number of piperidine rings is 1. The molecule has 1 amide bonds. The fourth-order valence-electron chi connectivity index (χ4n) is 3.84. The first kappa shape index (κ1) is 23.5. The molecule has 34 heavy (non-hydrogen) atoms. The van der Waals surface area contributed by atoms with Crippen LogP contribution in [0.3, 0.4) is 0 Å². The van der Waals surface area contributed by atoms with Crippen LogP contribution in [0.15, 0.2) is 48.9 Å². The van der Waals surface area contributed by atoms with Crippen molar-refractivity contribution in [2.45, 2.75) is 38.1 Å². The molecule has 0 N–H and O–H groups in total. The Hall–Kier alpha value is -3.63. The van der Waals surface area contributed by atoms with Crippen LogP contribution in [0, 0.1) is 11.6 Å². The van der Waals surface area contributed by atoms with Crippen LogP contribution in [0.4, 0.5) is 22.0 Å². The molecule has 0 aliphatic carbocycles. The lowest BCUT2D eigenvalue weighted by Crippen LogP contribution is -2.51. The van der Waals surface area contributed by atoms with Crippen LogP contribution in [-0.4, -0.2) is 44.4 Å². The summed E-state index contributed by atoms with van der Waals surface area (Å²) in [6.45, 7) is 2.04. The summed E-state index contributed by atoms with van der Waals surface area (Å²) in [5.41, 5.74) is -0.826. The summed E-state index contributed by atoms with van der Waals surface area (Å²) in [6, 6.07) is 5.02. The molecule has 0 bridgehead atoms. The maximum absolute atomic E-state index is 14.2. The van der Waals surface area contributed by atoms with Gasteiger partial charge in [-0.15, -0.1) is 0 Å². The van der Waals surface area contributed by atoms with Crippen LogP contribution in [0.1, 0.15) is 35.7 Å². The van der Waals surface area contributed by atoms with E-state index in [1.165, 1.54) is 29.4 Å². The quantitative estimate of drug-likeness (QED) is 0.499. The van der Waals surface area contributed by atoms with Gasteiger partial charge in [-0.25, -0.2) is 23.7 Å². The lowest BCUT2D eigenvalue weighted by Gasteiger charge is -2.39. The van der Waals surface area contributed by atoms with Gasteiger partial charge in [-0.1, -0.05) is 0 Å². The van der Waals surface area contributed by atoms with E-state index in [1.54, 1.807) is 13.0 Å². The molecule has 1 aromatic carbocycles. The predicted octanol–water partition coefficient (Wildman–Crippen LogP) is 4.91. The van der Waals surface area contributed by atoms with Crippen LogP contribution in [0.5, 0.6) is 5.88 Å². The van der Waals surface area contributed by atoms with E-state index in [0.717, 1.165) is 6.07 Å². The van der Waals surface area contributed by atoms with Crippen LogP contribution in [0.2, 0.25) is 0 Å². The summed E-state index contributed by atoms with van der Waals surface area (Å²) < 4.78 is 72.1. The number of aromatic nitrogens is 3. The van der Waals surface area contributed by atoms with Gasteiger partial charge in [0, 0.05) is 30.7 Å². The highest BCUT2D eigenvalue weighted by molar-refractivity contribution is 6.00. The van der Waals surface area contributed by atoms with Crippen LogP contribution < -0.4 is 4.74 Å². The number of halogens is 5. The predicted molar refractivity (Wildman–Crippen MR) is 111 cm³/mol. The Morgan fingerprint density at radius 2 is 1.85 bits per heavy atom. The third-order valence-electron chi connectivity index (χ3n) is 5.59. The van der Waals surface area contributed by atoms with Crippen molar-refractivity contribution in [2.24, 2.45) is 0 Å². The van der Waals surface area contributed by atoms with Crippen LogP contribution in [-0.2, 0) is 6.18 Å². The number of likely N-dealkylation sites (tertiary alicyclic amines) is 1. The Morgan fingerprint density at radius 3 is 2.53 bits per heavy atom. The first-order chi connectivity index (χ1) is 16.1. The standard InChI is InChI=1S/C23H19F5N4O2/c1-13-19(34-21-18(25)10-14(12-31-21)23(26,27)28)4-2-9-32(13)22(33)16-6-5-15(24)11-17(16)20-29-7-3-8-30-20/h3,5-8,10-13,19H,2,4,9H2,1H3/t13-,19+/m0/s1. The van der Waals surface area contributed by atoms with Crippen molar-refractivity contribution in [3.05, 3.63) is 71.7 Å². The van der Waals surface area contributed by atoms with Gasteiger partial charge in [0.15, 0.2) is 11.6 Å². The largest absolute Gasteiger partial charge is 0.470 e. The molecule has 3 aromatic rings. The van der Waals surface area contributed by atoms with Gasteiger partial charge in [0.05, 0.1) is 17.2 Å². The summed E-state index contributed by atoms with van der Waals surface area (Å²) >= 11 is 0. The molecule has 6 nitrogen and oxygen atoms in total. The second kappa shape index (κ2) is 9.32. The van der Waals surface area contributed by atoms with Crippen molar-refractivity contribution in [2.75, 3.05) is 6.54 Å². The highest BCUT2D eigenvalue weighted by Crippen LogP contribution is 2.32. The Labute approximate surface area is 191 Å². The van der Waals surface area contributed by atoms with Gasteiger partial charge in [-0.3, -0.25) is 4.79 Å². The third kappa shape index (κ3) is 4.82. The van der Waals surface area contributed by atoms with E-state index in [2.05, 4.69) is 15.0 Å². The first-order valence-electron chi connectivity index (χ1n) is 10.4. The topological polar surface area (TPSA) is 68.2 Å². The number of benzene rings is 1. The minimum Gasteiger partial charge on any atom is -0.470 e. The molecule has 178 valence electrons. The molecule has 1 aliphatic rings. The molecule has 0 saturated carbocycles. The van der Waals surface area contributed by atoms with Crippen LogP contribution >= 0.6 is 0 Å². The minimum atomic E-state index is -4.73. The van der Waals surface area contributed by atoms with Crippen molar-refractivity contribution in [1.82, 2.24) is 19.9 Å². The van der Waals surface area contributed by atoms with Crippen LogP contribution in [0.25, 0.3) is 11.4 Å². The maximum Gasteiger partial charge on any atom is 0.417 e. The molecule has 1 aliphatic heterocycles. The van der Waals surface area contributed by atoms with E-state index < -0.39 is 47.3 Å². The Balaban J connectivity index is 1.58. The molecule has 4 rings (SSSR count). The highest BCUT2D eigenvalue weighted by atomic mass is 19.4. The van der Waals surface area contributed by atoms with Gasteiger partial charge in [0.1, 0.15) is 11.9 Å². The molecule has 1 fully saturated rings. The van der Waals surface area contributed by atoms with Gasteiger partial charge in [-0.2, -0.15) is 13.2 Å². The van der Waals surface area contributed by atoms with Crippen molar-refractivity contribution in [1.29, 1.82) is 0 Å². The number of alkyl halides is 3. The molecule has 2 atom stereocenters. The van der Waals surface area contributed by atoms with Crippen molar-refractivity contribution in [3.8, 4) is 17.3 Å². The summed E-state index contributed by atoms with van der Waals surface area (Å²) in [5, 5.41) is 0. The number of hydrogen-bond acceptors (Lipinski definition) is 5. The molecule has 2 aromatic heterocycles. The van der Waals surface area contributed by atoms with E-state index in [4.69, 9.17) is 4.74 Å². The van der Waals surface area contributed by atoms with E-state index in [-0.39, 0.29) is 17.0 Å².